The van der Waals surface area contributed by atoms with Gasteiger partial charge < -0.3 is 15.7 Å². The first-order valence-electron chi connectivity index (χ1n) is 6.30. The molecule has 1 heterocycles. The Morgan fingerprint density at radius 1 is 1.35 bits per heavy atom. The first-order chi connectivity index (χ1) is 8.00. The Hall–Kier alpha value is -1.10. The Bertz CT molecular complexity index is 324. The van der Waals surface area contributed by atoms with Crippen molar-refractivity contribution in [1.29, 1.82) is 0 Å². The third-order valence-electron chi connectivity index (χ3n) is 3.99. The molecule has 5 nitrogen and oxygen atoms in total. The van der Waals surface area contributed by atoms with Crippen molar-refractivity contribution in [2.75, 3.05) is 13.1 Å². The summed E-state index contributed by atoms with van der Waals surface area (Å²) in [5.41, 5.74) is 5.82. The van der Waals surface area contributed by atoms with Crippen LogP contribution in [0.25, 0.3) is 0 Å². The minimum absolute atomic E-state index is 0.0261. The van der Waals surface area contributed by atoms with Crippen molar-refractivity contribution < 1.29 is 14.7 Å². The highest BCUT2D eigenvalue weighted by atomic mass is 16.4. The molecule has 0 aromatic heterocycles. The average molecular weight is 240 g/mol. The van der Waals surface area contributed by atoms with Crippen LogP contribution in [0.3, 0.4) is 0 Å². The number of amides is 1. The van der Waals surface area contributed by atoms with Gasteiger partial charge in [-0.1, -0.05) is 12.8 Å². The fourth-order valence-electron chi connectivity index (χ4n) is 2.86. The Morgan fingerprint density at radius 3 is 2.53 bits per heavy atom. The quantitative estimate of drug-likeness (QED) is 0.756. The van der Waals surface area contributed by atoms with Gasteiger partial charge in [0.05, 0.1) is 5.92 Å². The SMILES string of the molecule is NC1(CC(=O)N2CCC(C(=O)O)C2)CCCC1. The summed E-state index contributed by atoms with van der Waals surface area (Å²) in [6.45, 7) is 0.913. The van der Waals surface area contributed by atoms with Crippen LogP contribution in [0, 0.1) is 5.92 Å². The summed E-state index contributed by atoms with van der Waals surface area (Å²) in [7, 11) is 0. The monoisotopic (exact) mass is 240 g/mol. The summed E-state index contributed by atoms with van der Waals surface area (Å²) in [5.74, 6) is -1.17. The third-order valence-corrected chi connectivity index (χ3v) is 3.99. The number of hydrogen-bond donors (Lipinski definition) is 2. The van der Waals surface area contributed by atoms with Crippen LogP contribution in [-0.2, 0) is 9.59 Å². The molecule has 2 fully saturated rings. The zero-order chi connectivity index (χ0) is 12.5. The van der Waals surface area contributed by atoms with Crippen molar-refractivity contribution in [2.24, 2.45) is 11.7 Å². The second kappa shape index (κ2) is 4.64. The largest absolute Gasteiger partial charge is 0.481 e. The van der Waals surface area contributed by atoms with Crippen LogP contribution in [0.15, 0.2) is 0 Å². The van der Waals surface area contributed by atoms with E-state index in [0.717, 1.165) is 25.7 Å². The van der Waals surface area contributed by atoms with Crippen LogP contribution >= 0.6 is 0 Å². The van der Waals surface area contributed by atoms with E-state index in [1.54, 1.807) is 4.90 Å². The molecule has 0 aromatic carbocycles. The van der Waals surface area contributed by atoms with Gasteiger partial charge in [-0.2, -0.15) is 0 Å². The topological polar surface area (TPSA) is 83.6 Å². The number of carboxylic acids is 1. The van der Waals surface area contributed by atoms with Crippen molar-refractivity contribution in [3.05, 3.63) is 0 Å². The molecule has 1 saturated heterocycles. The lowest BCUT2D eigenvalue weighted by Gasteiger charge is -2.26. The molecule has 1 aliphatic carbocycles. The molecule has 2 rings (SSSR count). The van der Waals surface area contributed by atoms with Crippen LogP contribution in [-0.4, -0.2) is 40.5 Å². The van der Waals surface area contributed by atoms with Crippen molar-refractivity contribution >= 4 is 11.9 Å². The van der Waals surface area contributed by atoms with Crippen molar-refractivity contribution in [3.8, 4) is 0 Å². The molecule has 0 aromatic rings. The molecule has 0 spiro atoms. The standard InChI is InChI=1S/C12H20N2O3/c13-12(4-1-2-5-12)7-10(15)14-6-3-9(8-14)11(16)17/h9H,1-8,13H2,(H,16,17). The number of hydrogen-bond acceptors (Lipinski definition) is 3. The summed E-state index contributed by atoms with van der Waals surface area (Å²) in [4.78, 5) is 24.5. The molecule has 1 saturated carbocycles. The molecule has 1 atom stereocenters. The fraction of sp³-hybridized carbons (Fsp3) is 0.833. The molecule has 1 unspecified atom stereocenters. The van der Waals surface area contributed by atoms with Crippen LogP contribution in [0.4, 0.5) is 0 Å². The van der Waals surface area contributed by atoms with Gasteiger partial charge in [0.1, 0.15) is 0 Å². The maximum Gasteiger partial charge on any atom is 0.308 e. The number of nitrogens with zero attached hydrogens (tertiary/aromatic N) is 1. The van der Waals surface area contributed by atoms with E-state index in [1.165, 1.54) is 0 Å². The van der Waals surface area contributed by atoms with Gasteiger partial charge in [0.2, 0.25) is 5.91 Å². The van der Waals surface area contributed by atoms with Gasteiger partial charge in [0, 0.05) is 25.0 Å². The van der Waals surface area contributed by atoms with Crippen LogP contribution in [0.5, 0.6) is 0 Å². The fourth-order valence-corrected chi connectivity index (χ4v) is 2.86. The normalized spacial score (nSPS) is 27.4. The smallest absolute Gasteiger partial charge is 0.308 e. The van der Waals surface area contributed by atoms with Gasteiger partial charge in [0.25, 0.3) is 0 Å². The lowest BCUT2D eigenvalue weighted by atomic mass is 9.94. The second-order valence-corrected chi connectivity index (χ2v) is 5.41. The van der Waals surface area contributed by atoms with E-state index < -0.39 is 11.9 Å². The van der Waals surface area contributed by atoms with E-state index in [0.29, 0.717) is 25.9 Å². The first-order valence-corrected chi connectivity index (χ1v) is 6.30. The average Bonchev–Trinajstić information content (AvgIpc) is 2.86. The highest BCUT2D eigenvalue weighted by Gasteiger charge is 2.36. The van der Waals surface area contributed by atoms with Gasteiger partial charge in [-0.25, -0.2) is 0 Å². The number of carbonyl (C=O) groups is 2. The van der Waals surface area contributed by atoms with Crippen LogP contribution in [0.2, 0.25) is 0 Å². The summed E-state index contributed by atoms with van der Waals surface area (Å²) >= 11 is 0. The van der Waals surface area contributed by atoms with Gasteiger partial charge in [-0.3, -0.25) is 9.59 Å². The predicted octanol–water partition coefficient (Wildman–Crippen LogP) is 0.581. The summed E-state index contributed by atoms with van der Waals surface area (Å²) in [6.07, 6.45) is 4.96. The van der Waals surface area contributed by atoms with Crippen LogP contribution in [0.1, 0.15) is 38.5 Å². The molecule has 1 aliphatic heterocycles. The van der Waals surface area contributed by atoms with Crippen molar-refractivity contribution in [3.63, 3.8) is 0 Å². The highest BCUT2D eigenvalue weighted by molar-refractivity contribution is 5.79. The van der Waals surface area contributed by atoms with E-state index in [-0.39, 0.29) is 11.4 Å². The Kier molecular flexibility index (Phi) is 3.38. The molecule has 3 N–H and O–H groups in total. The minimum Gasteiger partial charge on any atom is -0.481 e. The number of aliphatic carboxylic acids is 1. The Morgan fingerprint density at radius 2 is 2.00 bits per heavy atom. The van der Waals surface area contributed by atoms with E-state index in [4.69, 9.17) is 10.8 Å². The van der Waals surface area contributed by atoms with Gasteiger partial charge in [-0.05, 0) is 19.3 Å². The number of likely N-dealkylation sites (tertiary alicyclic amines) is 1. The van der Waals surface area contributed by atoms with Crippen molar-refractivity contribution in [2.45, 2.75) is 44.1 Å². The van der Waals surface area contributed by atoms with E-state index in [1.807, 2.05) is 0 Å². The third kappa shape index (κ3) is 2.77. The summed E-state index contributed by atoms with van der Waals surface area (Å²) in [6, 6.07) is 0. The minimum atomic E-state index is -0.802. The molecule has 1 amide bonds. The lowest BCUT2D eigenvalue weighted by Crippen LogP contribution is -2.43. The molecule has 96 valence electrons. The first kappa shape index (κ1) is 12.4. The van der Waals surface area contributed by atoms with E-state index in [9.17, 15) is 9.59 Å². The molecule has 5 heteroatoms. The number of rotatable bonds is 3. The maximum absolute atomic E-state index is 12.0. The zero-order valence-corrected chi connectivity index (χ0v) is 10.0. The van der Waals surface area contributed by atoms with Gasteiger partial charge >= 0.3 is 5.97 Å². The highest BCUT2D eigenvalue weighted by Crippen LogP contribution is 2.31. The Balaban J connectivity index is 1.87. The molecule has 0 radical (unpaired) electrons. The zero-order valence-electron chi connectivity index (χ0n) is 10.0. The van der Waals surface area contributed by atoms with E-state index in [2.05, 4.69) is 0 Å². The number of carbonyl (C=O) groups excluding carboxylic acids is 1. The molecule has 17 heavy (non-hydrogen) atoms. The molecular weight excluding hydrogens is 220 g/mol. The number of carboxylic acid groups (broad SMARTS) is 1. The molecular formula is C12H20N2O3. The summed E-state index contributed by atoms with van der Waals surface area (Å²) in [5, 5.41) is 8.89. The van der Waals surface area contributed by atoms with Crippen LogP contribution < -0.4 is 5.73 Å². The number of nitrogens with two attached hydrogens (primary N) is 1. The van der Waals surface area contributed by atoms with Crippen molar-refractivity contribution in [1.82, 2.24) is 4.90 Å². The molecule has 0 bridgehead atoms. The summed E-state index contributed by atoms with van der Waals surface area (Å²) < 4.78 is 0. The lowest BCUT2D eigenvalue weighted by molar-refractivity contribution is -0.141. The maximum atomic E-state index is 12.0. The predicted molar refractivity (Wildman–Crippen MR) is 62.3 cm³/mol. The molecule has 2 aliphatic rings. The van der Waals surface area contributed by atoms with Gasteiger partial charge in [0.15, 0.2) is 0 Å². The second-order valence-electron chi connectivity index (χ2n) is 5.41. The van der Waals surface area contributed by atoms with E-state index >= 15 is 0 Å². The Labute approximate surface area is 101 Å². The van der Waals surface area contributed by atoms with Gasteiger partial charge in [-0.15, -0.1) is 0 Å².